The zero-order valence-corrected chi connectivity index (χ0v) is 10.8. The second kappa shape index (κ2) is 5.37. The van der Waals surface area contributed by atoms with Gasteiger partial charge in [-0.2, -0.15) is 5.10 Å². The molecular weight excluding hydrogens is 236 g/mol. The Bertz CT molecular complexity index is 479. The van der Waals surface area contributed by atoms with Crippen LogP contribution in [0.25, 0.3) is 0 Å². The fraction of sp³-hybridized carbons (Fsp3) is 0.545. The van der Waals surface area contributed by atoms with Crippen molar-refractivity contribution in [1.29, 1.82) is 0 Å². The van der Waals surface area contributed by atoms with Crippen molar-refractivity contribution >= 4 is 11.5 Å². The molecule has 92 valence electrons. The standard InChI is InChI=1S/C11H16N4OS/c1-3-9-11(17-14-13-9)10(16)5-8-6-12-15(4-2)7-8/h6-7,10,16H,3-5H2,1-2H3. The summed E-state index contributed by atoms with van der Waals surface area (Å²) in [5, 5.41) is 18.3. The molecule has 0 aromatic carbocycles. The van der Waals surface area contributed by atoms with Crippen molar-refractivity contribution in [3.63, 3.8) is 0 Å². The molecule has 0 radical (unpaired) electrons. The number of aryl methyl sites for hydroxylation is 2. The maximum absolute atomic E-state index is 10.2. The van der Waals surface area contributed by atoms with Gasteiger partial charge in [0.15, 0.2) is 0 Å². The monoisotopic (exact) mass is 252 g/mol. The largest absolute Gasteiger partial charge is 0.387 e. The Morgan fingerprint density at radius 3 is 2.94 bits per heavy atom. The van der Waals surface area contributed by atoms with Gasteiger partial charge in [-0.25, -0.2) is 0 Å². The lowest BCUT2D eigenvalue weighted by molar-refractivity contribution is 0.181. The molecule has 0 bridgehead atoms. The van der Waals surface area contributed by atoms with Gasteiger partial charge in [-0.05, 0) is 30.4 Å². The van der Waals surface area contributed by atoms with Crippen LogP contribution in [-0.2, 0) is 19.4 Å². The first-order valence-corrected chi connectivity index (χ1v) is 6.52. The Morgan fingerprint density at radius 1 is 1.47 bits per heavy atom. The molecule has 0 amide bonds. The minimum atomic E-state index is -0.528. The van der Waals surface area contributed by atoms with E-state index in [2.05, 4.69) is 14.7 Å². The van der Waals surface area contributed by atoms with Gasteiger partial charge in [-0.3, -0.25) is 4.68 Å². The maximum Gasteiger partial charge on any atom is 0.0958 e. The topological polar surface area (TPSA) is 63.8 Å². The Balaban J connectivity index is 2.08. The molecule has 0 aliphatic rings. The molecule has 0 saturated carbocycles. The summed E-state index contributed by atoms with van der Waals surface area (Å²) in [4.78, 5) is 0.872. The molecule has 0 fully saturated rings. The highest BCUT2D eigenvalue weighted by Crippen LogP contribution is 2.24. The summed E-state index contributed by atoms with van der Waals surface area (Å²) in [6, 6.07) is 0. The zero-order valence-electron chi connectivity index (χ0n) is 10.00. The Hall–Kier alpha value is -1.27. The van der Waals surface area contributed by atoms with Crippen molar-refractivity contribution in [2.24, 2.45) is 0 Å². The highest BCUT2D eigenvalue weighted by Gasteiger charge is 2.16. The summed E-state index contributed by atoms with van der Waals surface area (Å²) in [5.41, 5.74) is 1.93. The molecule has 2 rings (SSSR count). The van der Waals surface area contributed by atoms with Crippen LogP contribution in [0.4, 0.5) is 0 Å². The quantitative estimate of drug-likeness (QED) is 0.877. The highest BCUT2D eigenvalue weighted by atomic mass is 32.1. The van der Waals surface area contributed by atoms with Gasteiger partial charge in [0, 0.05) is 19.2 Å². The first-order valence-electron chi connectivity index (χ1n) is 5.75. The van der Waals surface area contributed by atoms with Crippen molar-refractivity contribution < 1.29 is 5.11 Å². The number of aliphatic hydroxyl groups is 1. The Morgan fingerprint density at radius 2 is 2.29 bits per heavy atom. The summed E-state index contributed by atoms with van der Waals surface area (Å²) in [6.07, 6.45) is 4.60. The van der Waals surface area contributed by atoms with E-state index in [1.165, 1.54) is 11.5 Å². The van der Waals surface area contributed by atoms with E-state index in [9.17, 15) is 5.11 Å². The lowest BCUT2D eigenvalue weighted by Crippen LogP contribution is -2.02. The third-order valence-electron chi connectivity index (χ3n) is 2.66. The minimum absolute atomic E-state index is 0.528. The van der Waals surface area contributed by atoms with Crippen molar-refractivity contribution in [1.82, 2.24) is 19.4 Å². The van der Waals surface area contributed by atoms with Gasteiger partial charge < -0.3 is 5.11 Å². The average Bonchev–Trinajstić information content (AvgIpc) is 2.96. The molecule has 0 spiro atoms. The fourth-order valence-electron chi connectivity index (χ4n) is 1.71. The number of rotatable bonds is 5. The third kappa shape index (κ3) is 2.70. The van der Waals surface area contributed by atoms with Gasteiger partial charge in [0.05, 0.1) is 22.9 Å². The molecule has 1 unspecified atom stereocenters. The number of aliphatic hydroxyl groups excluding tert-OH is 1. The van der Waals surface area contributed by atoms with Gasteiger partial charge in [-0.15, -0.1) is 5.10 Å². The molecule has 17 heavy (non-hydrogen) atoms. The van der Waals surface area contributed by atoms with Crippen LogP contribution in [0.15, 0.2) is 12.4 Å². The van der Waals surface area contributed by atoms with E-state index < -0.39 is 6.10 Å². The van der Waals surface area contributed by atoms with Crippen LogP contribution in [0.2, 0.25) is 0 Å². The van der Waals surface area contributed by atoms with E-state index in [1.807, 2.05) is 24.7 Å². The average molecular weight is 252 g/mol. The SMILES string of the molecule is CCc1nnsc1C(O)Cc1cnn(CC)c1. The molecule has 2 aromatic rings. The molecule has 2 aromatic heterocycles. The molecule has 0 aliphatic carbocycles. The molecular formula is C11H16N4OS. The molecule has 6 heteroatoms. The number of hydrogen-bond acceptors (Lipinski definition) is 5. The van der Waals surface area contributed by atoms with Crippen LogP contribution in [0.1, 0.15) is 36.1 Å². The molecule has 2 heterocycles. The van der Waals surface area contributed by atoms with Gasteiger partial charge in [0.1, 0.15) is 0 Å². The third-order valence-corrected chi connectivity index (χ3v) is 3.53. The second-order valence-electron chi connectivity index (χ2n) is 3.86. The number of hydrogen-bond donors (Lipinski definition) is 1. The van der Waals surface area contributed by atoms with Crippen LogP contribution < -0.4 is 0 Å². The summed E-state index contributed by atoms with van der Waals surface area (Å²) < 4.78 is 5.74. The van der Waals surface area contributed by atoms with Crippen LogP contribution in [-0.4, -0.2) is 24.5 Å². The van der Waals surface area contributed by atoms with Gasteiger partial charge in [0.25, 0.3) is 0 Å². The van der Waals surface area contributed by atoms with Crippen molar-refractivity contribution in [3.8, 4) is 0 Å². The number of aromatic nitrogens is 4. The van der Waals surface area contributed by atoms with Crippen LogP contribution >= 0.6 is 11.5 Å². The van der Waals surface area contributed by atoms with Gasteiger partial charge >= 0.3 is 0 Å². The van der Waals surface area contributed by atoms with Gasteiger partial charge in [0.2, 0.25) is 0 Å². The molecule has 0 saturated heterocycles. The fourth-order valence-corrected chi connectivity index (χ4v) is 2.44. The van der Waals surface area contributed by atoms with E-state index in [1.54, 1.807) is 6.20 Å². The summed E-state index contributed by atoms with van der Waals surface area (Å²) in [7, 11) is 0. The highest BCUT2D eigenvalue weighted by molar-refractivity contribution is 7.05. The Labute approximate surface area is 104 Å². The Kier molecular flexibility index (Phi) is 3.86. The lowest BCUT2D eigenvalue weighted by Gasteiger charge is -2.07. The minimum Gasteiger partial charge on any atom is -0.387 e. The summed E-state index contributed by atoms with van der Waals surface area (Å²) in [5.74, 6) is 0. The van der Waals surface area contributed by atoms with E-state index in [0.29, 0.717) is 6.42 Å². The van der Waals surface area contributed by atoms with Crippen molar-refractivity contribution in [2.75, 3.05) is 0 Å². The van der Waals surface area contributed by atoms with Crippen molar-refractivity contribution in [3.05, 3.63) is 28.5 Å². The maximum atomic E-state index is 10.2. The first kappa shape index (κ1) is 12.2. The summed E-state index contributed by atoms with van der Waals surface area (Å²) in [6.45, 7) is 4.90. The lowest BCUT2D eigenvalue weighted by atomic mass is 10.1. The molecule has 0 aliphatic heterocycles. The molecule has 1 N–H and O–H groups in total. The van der Waals surface area contributed by atoms with Crippen molar-refractivity contribution in [2.45, 2.75) is 39.3 Å². The normalized spacial score (nSPS) is 12.9. The van der Waals surface area contributed by atoms with E-state index in [4.69, 9.17) is 0 Å². The predicted molar refractivity (Wildman–Crippen MR) is 65.9 cm³/mol. The van der Waals surface area contributed by atoms with Crippen LogP contribution in [0, 0.1) is 0 Å². The first-order chi connectivity index (χ1) is 8.24. The zero-order chi connectivity index (χ0) is 12.3. The molecule has 5 nitrogen and oxygen atoms in total. The smallest absolute Gasteiger partial charge is 0.0958 e. The molecule has 1 atom stereocenters. The van der Waals surface area contributed by atoms with Crippen LogP contribution in [0.3, 0.4) is 0 Å². The summed E-state index contributed by atoms with van der Waals surface area (Å²) >= 11 is 1.28. The van der Waals surface area contributed by atoms with E-state index in [0.717, 1.165) is 29.1 Å². The van der Waals surface area contributed by atoms with E-state index in [-0.39, 0.29) is 0 Å². The van der Waals surface area contributed by atoms with Gasteiger partial charge in [-0.1, -0.05) is 11.4 Å². The number of nitrogens with zero attached hydrogens (tertiary/aromatic N) is 4. The predicted octanol–water partition coefficient (Wildman–Crippen LogP) is 1.59. The van der Waals surface area contributed by atoms with Crippen LogP contribution in [0.5, 0.6) is 0 Å². The second-order valence-corrected chi connectivity index (χ2v) is 4.65. The van der Waals surface area contributed by atoms with E-state index >= 15 is 0 Å².